The third-order valence-electron chi connectivity index (χ3n) is 4.06. The van der Waals surface area contributed by atoms with Crippen LogP contribution in [0.2, 0.25) is 0 Å². The molecular formula is C20H25N5O4. The summed E-state index contributed by atoms with van der Waals surface area (Å²) < 4.78 is 11.2. The minimum absolute atomic E-state index is 0.0614. The summed E-state index contributed by atoms with van der Waals surface area (Å²) in [6.45, 7) is 4.61. The fourth-order valence-corrected chi connectivity index (χ4v) is 2.83. The number of hydrogen-bond donors (Lipinski definition) is 3. The number of nitrogens with one attached hydrogen (secondary N) is 2. The molecule has 154 valence electrons. The quantitative estimate of drug-likeness (QED) is 0.443. The van der Waals surface area contributed by atoms with Crippen LogP contribution >= 0.6 is 0 Å². The number of rotatable bonds is 10. The molecule has 3 N–H and O–H groups in total. The zero-order valence-corrected chi connectivity index (χ0v) is 16.5. The molecule has 0 amide bonds. The molecule has 0 aliphatic rings. The Morgan fingerprint density at radius 3 is 2.62 bits per heavy atom. The van der Waals surface area contributed by atoms with Crippen LogP contribution in [0.15, 0.2) is 41.3 Å². The molecule has 0 aliphatic carbocycles. The van der Waals surface area contributed by atoms with Crippen molar-refractivity contribution in [1.29, 1.82) is 0 Å². The minimum atomic E-state index is -0.374. The van der Waals surface area contributed by atoms with Gasteiger partial charge in [-0.15, -0.1) is 0 Å². The van der Waals surface area contributed by atoms with Crippen molar-refractivity contribution in [1.82, 2.24) is 19.9 Å². The van der Waals surface area contributed by atoms with E-state index in [1.54, 1.807) is 0 Å². The maximum absolute atomic E-state index is 11.6. The van der Waals surface area contributed by atoms with Gasteiger partial charge in [-0.25, -0.2) is 4.98 Å². The Balaban J connectivity index is 1.75. The number of aliphatic hydroxyl groups excluding tert-OH is 1. The van der Waals surface area contributed by atoms with Gasteiger partial charge < -0.3 is 24.9 Å². The lowest BCUT2D eigenvalue weighted by atomic mass is 10.0. The largest absolute Gasteiger partial charge is 0.490 e. The molecule has 0 aliphatic heterocycles. The number of anilines is 1. The molecular weight excluding hydrogens is 374 g/mol. The Hall–Kier alpha value is -3.20. The van der Waals surface area contributed by atoms with E-state index >= 15 is 0 Å². The Labute approximate surface area is 168 Å². The fraction of sp³-hybridized carbons (Fsp3) is 0.400. The molecule has 9 heteroatoms. The molecule has 9 nitrogen and oxygen atoms in total. The average Bonchev–Trinajstić information content (AvgIpc) is 2.70. The predicted molar refractivity (Wildman–Crippen MR) is 109 cm³/mol. The number of nitrogens with zero attached hydrogens (tertiary/aromatic N) is 3. The van der Waals surface area contributed by atoms with Gasteiger partial charge in [0.15, 0.2) is 11.5 Å². The molecule has 2 heterocycles. The summed E-state index contributed by atoms with van der Waals surface area (Å²) in [5, 5.41) is 12.9. The van der Waals surface area contributed by atoms with Crippen LogP contribution in [-0.2, 0) is 0 Å². The van der Waals surface area contributed by atoms with Crippen molar-refractivity contribution in [2.45, 2.75) is 26.3 Å². The van der Waals surface area contributed by atoms with Crippen LogP contribution in [0.25, 0.3) is 11.2 Å². The topological polar surface area (TPSA) is 122 Å². The summed E-state index contributed by atoms with van der Waals surface area (Å²) in [4.78, 5) is 27.0. The zero-order valence-electron chi connectivity index (χ0n) is 16.5. The lowest BCUT2D eigenvalue weighted by molar-refractivity contribution is 0.206. The predicted octanol–water partition coefficient (Wildman–Crippen LogP) is 1.99. The van der Waals surface area contributed by atoms with E-state index in [1.807, 2.05) is 30.3 Å². The average molecular weight is 399 g/mol. The number of para-hydroxylation sites is 1. The van der Waals surface area contributed by atoms with Gasteiger partial charge >= 0.3 is 6.01 Å². The second-order valence-electron chi connectivity index (χ2n) is 6.96. The van der Waals surface area contributed by atoms with Gasteiger partial charge in [-0.05, 0) is 24.5 Å². The van der Waals surface area contributed by atoms with Crippen LogP contribution in [0, 0.1) is 5.92 Å². The lowest BCUT2D eigenvalue weighted by Gasteiger charge is -2.19. The zero-order chi connectivity index (χ0) is 20.6. The summed E-state index contributed by atoms with van der Waals surface area (Å²) in [6, 6.07) is 9.27. The molecule has 2 aromatic heterocycles. The highest BCUT2D eigenvalue weighted by Crippen LogP contribution is 2.21. The molecule has 1 atom stereocenters. The molecule has 3 aromatic rings. The third-order valence-corrected chi connectivity index (χ3v) is 4.06. The highest BCUT2D eigenvalue weighted by atomic mass is 16.5. The standard InChI is InChI=1S/C20H25N5O4/c1-13(2)10-14(12-26)22-18-17-19(23-16(27)11-21-17)25-20(24-18)29-9-8-28-15-6-4-3-5-7-15/h3-7,11,13-14,26H,8-10,12H2,1-2H3,(H2,22,23,24,25,27)/t14-/m1/s1. The van der Waals surface area contributed by atoms with Crippen molar-refractivity contribution < 1.29 is 14.6 Å². The highest BCUT2D eigenvalue weighted by molar-refractivity contribution is 5.82. The molecule has 0 fully saturated rings. The van der Waals surface area contributed by atoms with E-state index in [4.69, 9.17) is 9.47 Å². The number of fused-ring (bicyclic) bond motifs is 1. The normalized spacial score (nSPS) is 12.1. The highest BCUT2D eigenvalue weighted by Gasteiger charge is 2.16. The van der Waals surface area contributed by atoms with Gasteiger partial charge in [0.2, 0.25) is 0 Å². The number of hydrogen-bond acceptors (Lipinski definition) is 8. The molecule has 0 bridgehead atoms. The minimum Gasteiger partial charge on any atom is -0.490 e. The van der Waals surface area contributed by atoms with Gasteiger partial charge in [-0.2, -0.15) is 9.97 Å². The Morgan fingerprint density at radius 2 is 1.90 bits per heavy atom. The first kappa shape index (κ1) is 20.5. The molecule has 0 saturated heterocycles. The summed E-state index contributed by atoms with van der Waals surface area (Å²) >= 11 is 0. The molecule has 0 radical (unpaired) electrons. The summed E-state index contributed by atoms with van der Waals surface area (Å²) in [6.07, 6.45) is 1.91. The van der Waals surface area contributed by atoms with Gasteiger partial charge in [0.05, 0.1) is 18.8 Å². The smallest absolute Gasteiger partial charge is 0.320 e. The van der Waals surface area contributed by atoms with Crippen molar-refractivity contribution in [3.05, 3.63) is 46.9 Å². The van der Waals surface area contributed by atoms with Gasteiger partial charge in [-0.1, -0.05) is 32.0 Å². The first-order chi connectivity index (χ1) is 14.0. The Morgan fingerprint density at radius 1 is 1.14 bits per heavy atom. The van der Waals surface area contributed by atoms with Gasteiger partial charge in [-0.3, -0.25) is 4.79 Å². The molecule has 3 rings (SSSR count). The number of benzene rings is 1. The van der Waals surface area contributed by atoms with Crippen LogP contribution in [0.3, 0.4) is 0 Å². The second-order valence-corrected chi connectivity index (χ2v) is 6.96. The van der Waals surface area contributed by atoms with E-state index in [0.29, 0.717) is 23.9 Å². The number of H-pyrrole nitrogens is 1. The number of aliphatic hydroxyl groups is 1. The van der Waals surface area contributed by atoms with Crippen molar-refractivity contribution in [2.24, 2.45) is 5.92 Å². The summed E-state index contributed by atoms with van der Waals surface area (Å²) in [7, 11) is 0. The number of aromatic amines is 1. The first-order valence-corrected chi connectivity index (χ1v) is 9.50. The summed E-state index contributed by atoms with van der Waals surface area (Å²) in [5.74, 6) is 1.52. The lowest BCUT2D eigenvalue weighted by Crippen LogP contribution is -2.27. The van der Waals surface area contributed by atoms with Crippen molar-refractivity contribution in [3.8, 4) is 11.8 Å². The van der Waals surface area contributed by atoms with E-state index < -0.39 is 0 Å². The Bertz CT molecular complexity index is 978. The third kappa shape index (κ3) is 5.89. The van der Waals surface area contributed by atoms with Crippen LogP contribution in [0.4, 0.5) is 5.82 Å². The molecule has 0 spiro atoms. The number of aromatic nitrogens is 4. The van der Waals surface area contributed by atoms with Gasteiger partial charge in [0.1, 0.15) is 24.5 Å². The van der Waals surface area contributed by atoms with Crippen LogP contribution < -0.4 is 20.3 Å². The van der Waals surface area contributed by atoms with Crippen LogP contribution in [-0.4, -0.2) is 50.9 Å². The molecule has 29 heavy (non-hydrogen) atoms. The van der Waals surface area contributed by atoms with Crippen LogP contribution in [0.1, 0.15) is 20.3 Å². The van der Waals surface area contributed by atoms with Crippen LogP contribution in [0.5, 0.6) is 11.8 Å². The maximum Gasteiger partial charge on any atom is 0.320 e. The first-order valence-electron chi connectivity index (χ1n) is 9.50. The van der Waals surface area contributed by atoms with Crippen molar-refractivity contribution >= 4 is 17.0 Å². The Kier molecular flexibility index (Phi) is 6.96. The number of ether oxygens (including phenoxy) is 2. The van der Waals surface area contributed by atoms with E-state index in [0.717, 1.165) is 12.2 Å². The SMILES string of the molecule is CC(C)C[C@H](CO)Nc1nc(OCCOc2ccccc2)nc2[nH]c(=O)cnc12. The maximum atomic E-state index is 11.6. The molecule has 0 unspecified atom stereocenters. The van der Waals surface area contributed by atoms with E-state index in [1.165, 1.54) is 6.20 Å². The van der Waals surface area contributed by atoms with E-state index in [-0.39, 0.29) is 36.5 Å². The van der Waals surface area contributed by atoms with E-state index in [2.05, 4.69) is 39.1 Å². The molecule has 1 aromatic carbocycles. The van der Waals surface area contributed by atoms with Gasteiger partial charge in [0, 0.05) is 0 Å². The van der Waals surface area contributed by atoms with Gasteiger partial charge in [0.25, 0.3) is 5.56 Å². The van der Waals surface area contributed by atoms with Crippen molar-refractivity contribution in [2.75, 3.05) is 25.1 Å². The monoisotopic (exact) mass is 399 g/mol. The van der Waals surface area contributed by atoms with Crippen molar-refractivity contribution in [3.63, 3.8) is 0 Å². The fourth-order valence-electron chi connectivity index (χ4n) is 2.83. The van der Waals surface area contributed by atoms with E-state index in [9.17, 15) is 9.90 Å². The second kappa shape index (κ2) is 9.83. The molecule has 0 saturated carbocycles. The summed E-state index contributed by atoms with van der Waals surface area (Å²) in [5.41, 5.74) is 0.288.